The standard InChI is InChI=1S/C18H23NO2/c1-3-20-17-11-7-8-12-18(17)21-14-13-19(2)15-16-9-5-4-6-10-16/h4-12H,3,13-15H2,1-2H3. The molecule has 0 unspecified atom stereocenters. The van der Waals surface area contributed by atoms with Gasteiger partial charge < -0.3 is 9.47 Å². The monoisotopic (exact) mass is 285 g/mol. The zero-order chi connectivity index (χ0) is 14.9. The van der Waals surface area contributed by atoms with Crippen LogP contribution in [0.5, 0.6) is 11.5 Å². The summed E-state index contributed by atoms with van der Waals surface area (Å²) in [4.78, 5) is 2.25. The molecule has 112 valence electrons. The van der Waals surface area contributed by atoms with E-state index in [1.54, 1.807) is 0 Å². The molecule has 0 radical (unpaired) electrons. The quantitative estimate of drug-likeness (QED) is 0.740. The minimum atomic E-state index is 0.646. The fourth-order valence-electron chi connectivity index (χ4n) is 2.13. The lowest BCUT2D eigenvalue weighted by Crippen LogP contribution is -2.23. The smallest absolute Gasteiger partial charge is 0.161 e. The predicted octanol–water partition coefficient (Wildman–Crippen LogP) is 3.60. The van der Waals surface area contributed by atoms with Gasteiger partial charge in [0.1, 0.15) is 6.61 Å². The van der Waals surface area contributed by atoms with Crippen LogP contribution in [0.3, 0.4) is 0 Å². The van der Waals surface area contributed by atoms with Crippen molar-refractivity contribution in [1.29, 1.82) is 0 Å². The molecule has 0 spiro atoms. The molecular formula is C18H23NO2. The second-order valence-corrected chi connectivity index (χ2v) is 4.95. The summed E-state index contributed by atoms with van der Waals surface area (Å²) in [5, 5.41) is 0. The first kappa shape index (κ1) is 15.4. The van der Waals surface area contributed by atoms with Crippen LogP contribution in [0.15, 0.2) is 54.6 Å². The average molecular weight is 285 g/mol. The average Bonchev–Trinajstić information content (AvgIpc) is 2.50. The van der Waals surface area contributed by atoms with Crippen LogP contribution in [0, 0.1) is 0 Å². The van der Waals surface area contributed by atoms with E-state index in [1.807, 2.05) is 37.3 Å². The minimum absolute atomic E-state index is 0.646. The van der Waals surface area contributed by atoms with Crippen molar-refractivity contribution in [3.63, 3.8) is 0 Å². The molecule has 0 atom stereocenters. The molecule has 0 heterocycles. The summed E-state index contributed by atoms with van der Waals surface area (Å²) in [7, 11) is 2.10. The number of hydrogen-bond acceptors (Lipinski definition) is 3. The van der Waals surface area contributed by atoms with Crippen LogP contribution in [-0.4, -0.2) is 31.7 Å². The van der Waals surface area contributed by atoms with Crippen LogP contribution in [0.1, 0.15) is 12.5 Å². The Bertz CT molecular complexity index is 528. The van der Waals surface area contributed by atoms with Crippen molar-refractivity contribution in [2.45, 2.75) is 13.5 Å². The lowest BCUT2D eigenvalue weighted by Gasteiger charge is -2.18. The zero-order valence-electron chi connectivity index (χ0n) is 12.8. The Labute approximate surface area is 127 Å². The molecule has 0 amide bonds. The van der Waals surface area contributed by atoms with E-state index in [4.69, 9.17) is 9.47 Å². The van der Waals surface area contributed by atoms with Crippen molar-refractivity contribution in [3.05, 3.63) is 60.2 Å². The summed E-state index contributed by atoms with van der Waals surface area (Å²) in [6, 6.07) is 18.3. The van der Waals surface area contributed by atoms with Crippen molar-refractivity contribution in [1.82, 2.24) is 4.90 Å². The first-order valence-corrected chi connectivity index (χ1v) is 7.36. The number of hydrogen-bond donors (Lipinski definition) is 0. The van der Waals surface area contributed by atoms with Crippen molar-refractivity contribution in [2.24, 2.45) is 0 Å². The van der Waals surface area contributed by atoms with Crippen LogP contribution in [0.2, 0.25) is 0 Å². The summed E-state index contributed by atoms with van der Waals surface area (Å²) < 4.78 is 11.4. The molecule has 3 heteroatoms. The highest BCUT2D eigenvalue weighted by Gasteiger charge is 2.04. The van der Waals surface area contributed by atoms with Gasteiger partial charge in [-0.05, 0) is 31.7 Å². The van der Waals surface area contributed by atoms with E-state index < -0.39 is 0 Å². The summed E-state index contributed by atoms with van der Waals surface area (Å²) >= 11 is 0. The molecule has 21 heavy (non-hydrogen) atoms. The van der Waals surface area contributed by atoms with Gasteiger partial charge in [0, 0.05) is 13.1 Å². The predicted molar refractivity (Wildman–Crippen MR) is 85.9 cm³/mol. The molecule has 0 bridgehead atoms. The van der Waals surface area contributed by atoms with Gasteiger partial charge >= 0.3 is 0 Å². The van der Waals surface area contributed by atoms with Gasteiger partial charge in [-0.15, -0.1) is 0 Å². The van der Waals surface area contributed by atoms with E-state index >= 15 is 0 Å². The van der Waals surface area contributed by atoms with Crippen LogP contribution >= 0.6 is 0 Å². The van der Waals surface area contributed by atoms with Gasteiger partial charge in [0.05, 0.1) is 6.61 Å². The third kappa shape index (κ3) is 5.12. The van der Waals surface area contributed by atoms with Crippen molar-refractivity contribution in [3.8, 4) is 11.5 Å². The second-order valence-electron chi connectivity index (χ2n) is 4.95. The second kappa shape index (κ2) is 8.32. The Kier molecular flexibility index (Phi) is 6.10. The van der Waals surface area contributed by atoms with Gasteiger partial charge in [0.2, 0.25) is 0 Å². The fourth-order valence-corrected chi connectivity index (χ4v) is 2.13. The summed E-state index contributed by atoms with van der Waals surface area (Å²) in [6.07, 6.45) is 0. The van der Waals surface area contributed by atoms with E-state index in [0.717, 1.165) is 24.6 Å². The van der Waals surface area contributed by atoms with E-state index in [-0.39, 0.29) is 0 Å². The van der Waals surface area contributed by atoms with E-state index in [1.165, 1.54) is 5.56 Å². The fraction of sp³-hybridized carbons (Fsp3) is 0.333. The maximum absolute atomic E-state index is 5.83. The maximum Gasteiger partial charge on any atom is 0.161 e. The Morgan fingerprint density at radius 3 is 2.14 bits per heavy atom. The molecule has 0 saturated carbocycles. The highest BCUT2D eigenvalue weighted by atomic mass is 16.5. The number of rotatable bonds is 8. The Balaban J connectivity index is 1.79. The molecule has 0 saturated heterocycles. The van der Waals surface area contributed by atoms with Crippen LogP contribution in [0.25, 0.3) is 0 Å². The molecule has 0 aliphatic heterocycles. The number of likely N-dealkylation sites (N-methyl/N-ethyl adjacent to an activating group) is 1. The van der Waals surface area contributed by atoms with Crippen molar-refractivity contribution < 1.29 is 9.47 Å². The van der Waals surface area contributed by atoms with Crippen molar-refractivity contribution >= 4 is 0 Å². The zero-order valence-corrected chi connectivity index (χ0v) is 12.8. The van der Waals surface area contributed by atoms with Gasteiger partial charge in [-0.25, -0.2) is 0 Å². The number of nitrogens with zero attached hydrogens (tertiary/aromatic N) is 1. The summed E-state index contributed by atoms with van der Waals surface area (Å²) in [6.45, 7) is 5.07. The Morgan fingerprint density at radius 2 is 1.48 bits per heavy atom. The van der Waals surface area contributed by atoms with Crippen molar-refractivity contribution in [2.75, 3.05) is 26.8 Å². The highest BCUT2D eigenvalue weighted by molar-refractivity contribution is 5.39. The molecule has 0 N–H and O–H groups in total. The van der Waals surface area contributed by atoms with Crippen LogP contribution < -0.4 is 9.47 Å². The van der Waals surface area contributed by atoms with Crippen LogP contribution in [0.4, 0.5) is 0 Å². The maximum atomic E-state index is 5.83. The van der Waals surface area contributed by atoms with E-state index in [9.17, 15) is 0 Å². The first-order valence-electron chi connectivity index (χ1n) is 7.36. The van der Waals surface area contributed by atoms with Gasteiger partial charge in [0.25, 0.3) is 0 Å². The number of ether oxygens (including phenoxy) is 2. The lowest BCUT2D eigenvalue weighted by molar-refractivity contribution is 0.222. The van der Waals surface area contributed by atoms with Gasteiger partial charge in [-0.3, -0.25) is 4.90 Å². The molecule has 2 rings (SSSR count). The van der Waals surface area contributed by atoms with Gasteiger partial charge in [0.15, 0.2) is 11.5 Å². The number of para-hydroxylation sites is 2. The van der Waals surface area contributed by atoms with Gasteiger partial charge in [-0.2, -0.15) is 0 Å². The largest absolute Gasteiger partial charge is 0.490 e. The molecule has 0 aromatic heterocycles. The van der Waals surface area contributed by atoms with E-state index in [2.05, 4.69) is 36.2 Å². The lowest BCUT2D eigenvalue weighted by atomic mass is 10.2. The summed E-state index contributed by atoms with van der Waals surface area (Å²) in [5.41, 5.74) is 1.31. The molecule has 0 fully saturated rings. The van der Waals surface area contributed by atoms with Gasteiger partial charge in [-0.1, -0.05) is 42.5 Å². The molecule has 3 nitrogen and oxygen atoms in total. The first-order chi connectivity index (χ1) is 10.3. The summed E-state index contributed by atoms with van der Waals surface area (Å²) in [5.74, 6) is 1.62. The number of benzene rings is 2. The molecule has 0 aliphatic carbocycles. The molecule has 2 aromatic rings. The van der Waals surface area contributed by atoms with E-state index in [0.29, 0.717) is 13.2 Å². The van der Waals surface area contributed by atoms with Crippen LogP contribution in [-0.2, 0) is 6.54 Å². The highest BCUT2D eigenvalue weighted by Crippen LogP contribution is 2.26. The Morgan fingerprint density at radius 1 is 0.857 bits per heavy atom. The third-order valence-electron chi connectivity index (χ3n) is 3.17. The Hall–Kier alpha value is -2.00. The SMILES string of the molecule is CCOc1ccccc1OCCN(C)Cc1ccccc1. The molecular weight excluding hydrogens is 262 g/mol. The molecule has 0 aliphatic rings. The topological polar surface area (TPSA) is 21.7 Å². The molecule has 2 aromatic carbocycles. The normalized spacial score (nSPS) is 10.6. The minimum Gasteiger partial charge on any atom is -0.490 e. The third-order valence-corrected chi connectivity index (χ3v) is 3.17.